The average Bonchev–Trinajstić information content (AvgIpc) is 2.65. The van der Waals surface area contributed by atoms with E-state index >= 15 is 0 Å². The smallest absolute Gasteiger partial charge is 0.128 e. The second kappa shape index (κ2) is 4.11. The number of methoxy groups -OCH3 is 1. The Bertz CT molecular complexity index is 351. The molecule has 3 nitrogen and oxygen atoms in total. The quantitative estimate of drug-likeness (QED) is 0.823. The van der Waals surface area contributed by atoms with Crippen LogP contribution < -0.4 is 14.8 Å². The molecule has 1 aliphatic heterocycles. The highest BCUT2D eigenvalue weighted by molar-refractivity contribution is 5.45. The first kappa shape index (κ1) is 10.3. The van der Waals surface area contributed by atoms with Gasteiger partial charge in [-0.05, 0) is 25.6 Å². The van der Waals surface area contributed by atoms with Crippen molar-refractivity contribution in [1.29, 1.82) is 0 Å². The van der Waals surface area contributed by atoms with Crippen LogP contribution >= 0.6 is 0 Å². The van der Waals surface area contributed by atoms with Crippen molar-refractivity contribution in [3.63, 3.8) is 0 Å². The Morgan fingerprint density at radius 3 is 2.87 bits per heavy atom. The lowest BCUT2D eigenvalue weighted by Gasteiger charge is -2.16. The zero-order valence-electron chi connectivity index (χ0n) is 9.41. The monoisotopic (exact) mass is 207 g/mol. The van der Waals surface area contributed by atoms with E-state index in [1.807, 2.05) is 19.2 Å². The van der Waals surface area contributed by atoms with E-state index in [9.17, 15) is 0 Å². The fraction of sp³-hybridized carbons (Fsp3) is 0.500. The summed E-state index contributed by atoms with van der Waals surface area (Å²) in [6.45, 7) is 2.14. The van der Waals surface area contributed by atoms with Gasteiger partial charge in [-0.1, -0.05) is 6.92 Å². The third-order valence-electron chi connectivity index (χ3n) is 2.92. The molecule has 0 saturated heterocycles. The van der Waals surface area contributed by atoms with Gasteiger partial charge in [-0.25, -0.2) is 0 Å². The maximum absolute atomic E-state index is 5.86. The Balaban J connectivity index is 2.34. The van der Waals surface area contributed by atoms with Crippen molar-refractivity contribution >= 4 is 0 Å². The highest BCUT2D eigenvalue weighted by atomic mass is 16.5. The topological polar surface area (TPSA) is 30.5 Å². The molecule has 82 valence electrons. The van der Waals surface area contributed by atoms with Crippen molar-refractivity contribution in [3.05, 3.63) is 23.8 Å². The van der Waals surface area contributed by atoms with E-state index in [0.717, 1.165) is 17.9 Å². The summed E-state index contributed by atoms with van der Waals surface area (Å²) in [6.07, 6.45) is 1.24. The molecule has 1 N–H and O–H groups in total. The number of rotatable bonds is 3. The van der Waals surface area contributed by atoms with E-state index in [1.165, 1.54) is 5.56 Å². The molecule has 0 bridgehead atoms. The number of fused-ring (bicyclic) bond motifs is 1. The van der Waals surface area contributed by atoms with E-state index < -0.39 is 0 Å². The van der Waals surface area contributed by atoms with Crippen molar-refractivity contribution in [1.82, 2.24) is 5.32 Å². The van der Waals surface area contributed by atoms with Crippen LogP contribution in [-0.2, 0) is 0 Å². The molecule has 0 aliphatic carbocycles. The van der Waals surface area contributed by atoms with Gasteiger partial charge in [-0.2, -0.15) is 0 Å². The van der Waals surface area contributed by atoms with Crippen LogP contribution in [0, 0.1) is 0 Å². The van der Waals surface area contributed by atoms with Crippen LogP contribution in [0.4, 0.5) is 0 Å². The van der Waals surface area contributed by atoms with Crippen molar-refractivity contribution in [3.8, 4) is 11.5 Å². The second-order valence-electron chi connectivity index (χ2n) is 3.73. The van der Waals surface area contributed by atoms with Gasteiger partial charge in [0.25, 0.3) is 0 Å². The Labute approximate surface area is 90.4 Å². The normalized spacial score (nSPS) is 23.4. The largest absolute Gasteiger partial charge is 0.497 e. The van der Waals surface area contributed by atoms with Gasteiger partial charge in [0.05, 0.1) is 13.2 Å². The fourth-order valence-corrected chi connectivity index (χ4v) is 2.09. The lowest BCUT2D eigenvalue weighted by Crippen LogP contribution is -2.27. The van der Waals surface area contributed by atoms with E-state index in [-0.39, 0.29) is 6.10 Å². The van der Waals surface area contributed by atoms with E-state index in [1.54, 1.807) is 7.11 Å². The van der Waals surface area contributed by atoms with Crippen LogP contribution in [0.2, 0.25) is 0 Å². The van der Waals surface area contributed by atoms with Gasteiger partial charge >= 0.3 is 0 Å². The summed E-state index contributed by atoms with van der Waals surface area (Å²) in [5.41, 5.74) is 1.23. The number of benzene rings is 1. The fourth-order valence-electron chi connectivity index (χ4n) is 2.09. The molecule has 0 spiro atoms. The number of hydrogen-bond acceptors (Lipinski definition) is 3. The molecule has 0 saturated carbocycles. The molecule has 1 heterocycles. The van der Waals surface area contributed by atoms with Gasteiger partial charge in [0.15, 0.2) is 0 Å². The Morgan fingerprint density at radius 1 is 1.47 bits per heavy atom. The van der Waals surface area contributed by atoms with Crippen LogP contribution in [-0.4, -0.2) is 20.3 Å². The minimum absolute atomic E-state index is 0.233. The standard InChI is InChI=1S/C12H17NO2/c1-4-10-12(13-2)9-6-5-8(14-3)7-11(9)15-10/h5-7,10,12-13H,4H2,1-3H3. The van der Waals surface area contributed by atoms with Crippen molar-refractivity contribution in [2.24, 2.45) is 0 Å². The first-order valence-electron chi connectivity index (χ1n) is 5.32. The minimum Gasteiger partial charge on any atom is -0.497 e. The number of nitrogens with one attached hydrogen (secondary N) is 1. The predicted molar refractivity (Wildman–Crippen MR) is 59.5 cm³/mol. The molecule has 2 rings (SSSR count). The molecule has 15 heavy (non-hydrogen) atoms. The number of hydrogen-bond donors (Lipinski definition) is 1. The molecule has 0 radical (unpaired) electrons. The SMILES string of the molecule is CCC1Oc2cc(OC)ccc2C1NC. The summed E-state index contributed by atoms with van der Waals surface area (Å²) in [5.74, 6) is 1.79. The van der Waals surface area contributed by atoms with E-state index in [2.05, 4.69) is 18.3 Å². The number of ether oxygens (including phenoxy) is 2. The predicted octanol–water partition coefficient (Wildman–Crippen LogP) is 2.13. The van der Waals surface area contributed by atoms with Crippen molar-refractivity contribution in [2.75, 3.05) is 14.2 Å². The molecule has 0 amide bonds. The molecular formula is C12H17NO2. The zero-order valence-corrected chi connectivity index (χ0v) is 9.41. The Morgan fingerprint density at radius 2 is 2.27 bits per heavy atom. The highest BCUT2D eigenvalue weighted by Gasteiger charge is 2.31. The van der Waals surface area contributed by atoms with Gasteiger partial charge in [0.1, 0.15) is 17.6 Å². The first-order valence-corrected chi connectivity index (χ1v) is 5.32. The van der Waals surface area contributed by atoms with Crippen molar-refractivity contribution < 1.29 is 9.47 Å². The molecule has 0 fully saturated rings. The summed E-state index contributed by atoms with van der Waals surface area (Å²) >= 11 is 0. The van der Waals surface area contributed by atoms with E-state index in [4.69, 9.17) is 9.47 Å². The third-order valence-corrected chi connectivity index (χ3v) is 2.92. The van der Waals surface area contributed by atoms with E-state index in [0.29, 0.717) is 6.04 Å². The third kappa shape index (κ3) is 1.67. The molecule has 1 aromatic rings. The maximum Gasteiger partial charge on any atom is 0.128 e. The van der Waals surface area contributed by atoms with Crippen molar-refractivity contribution in [2.45, 2.75) is 25.5 Å². The molecule has 3 heteroatoms. The lowest BCUT2D eigenvalue weighted by molar-refractivity contribution is 0.189. The molecule has 2 atom stereocenters. The molecule has 2 unspecified atom stereocenters. The second-order valence-corrected chi connectivity index (χ2v) is 3.73. The summed E-state index contributed by atoms with van der Waals surface area (Å²) < 4.78 is 11.0. The summed E-state index contributed by atoms with van der Waals surface area (Å²) in [5, 5.41) is 3.29. The van der Waals surface area contributed by atoms with Gasteiger partial charge in [-0.3, -0.25) is 0 Å². The van der Waals surface area contributed by atoms with Gasteiger partial charge in [0, 0.05) is 11.6 Å². The van der Waals surface area contributed by atoms with Crippen LogP contribution in [0.1, 0.15) is 24.9 Å². The molecular weight excluding hydrogens is 190 g/mol. The van der Waals surface area contributed by atoms with Gasteiger partial charge < -0.3 is 14.8 Å². The average molecular weight is 207 g/mol. The molecule has 0 aromatic heterocycles. The molecule has 1 aliphatic rings. The van der Waals surface area contributed by atoms with Gasteiger partial charge in [0.2, 0.25) is 0 Å². The summed E-state index contributed by atoms with van der Waals surface area (Å²) in [4.78, 5) is 0. The van der Waals surface area contributed by atoms with Crippen LogP contribution in [0.3, 0.4) is 0 Å². The summed E-state index contributed by atoms with van der Waals surface area (Å²) in [6, 6.07) is 6.31. The van der Waals surface area contributed by atoms with Gasteiger partial charge in [-0.15, -0.1) is 0 Å². The maximum atomic E-state index is 5.86. The summed E-state index contributed by atoms with van der Waals surface area (Å²) in [7, 11) is 3.64. The van der Waals surface area contributed by atoms with Crippen LogP contribution in [0.25, 0.3) is 0 Å². The Hall–Kier alpha value is -1.22. The first-order chi connectivity index (χ1) is 7.30. The zero-order chi connectivity index (χ0) is 10.8. The minimum atomic E-state index is 0.233. The molecule has 1 aromatic carbocycles. The van der Waals surface area contributed by atoms with Crippen LogP contribution in [0.5, 0.6) is 11.5 Å². The lowest BCUT2D eigenvalue weighted by atomic mass is 10.0. The highest BCUT2D eigenvalue weighted by Crippen LogP contribution is 2.39. The Kier molecular flexibility index (Phi) is 2.82. The van der Waals surface area contributed by atoms with Crippen LogP contribution in [0.15, 0.2) is 18.2 Å². The number of likely N-dealkylation sites (N-methyl/N-ethyl adjacent to an activating group) is 1.